The van der Waals surface area contributed by atoms with Gasteiger partial charge in [0.1, 0.15) is 0 Å². The van der Waals surface area contributed by atoms with Crippen LogP contribution in [0.25, 0.3) is 0 Å². The summed E-state index contributed by atoms with van der Waals surface area (Å²) in [5.74, 6) is 0. The number of aliphatic hydroxyl groups excluding tert-OH is 1. The molecular weight excluding hydrogens is 252 g/mol. The molecule has 5 heteroatoms. The van der Waals surface area contributed by atoms with E-state index in [1.54, 1.807) is 21.9 Å². The van der Waals surface area contributed by atoms with E-state index in [0.717, 1.165) is 5.69 Å². The molecule has 2 atom stereocenters. The van der Waals surface area contributed by atoms with E-state index in [9.17, 15) is 9.90 Å². The highest BCUT2D eigenvalue weighted by molar-refractivity contribution is 6.30. The molecule has 1 fully saturated rings. The zero-order chi connectivity index (χ0) is 13.3. The van der Waals surface area contributed by atoms with E-state index < -0.39 is 0 Å². The predicted molar refractivity (Wildman–Crippen MR) is 72.0 cm³/mol. The van der Waals surface area contributed by atoms with Crippen molar-refractivity contribution in [2.24, 2.45) is 0 Å². The molecule has 98 valence electrons. The Morgan fingerprint density at radius 1 is 1.44 bits per heavy atom. The first kappa shape index (κ1) is 13.2. The van der Waals surface area contributed by atoms with E-state index in [1.807, 2.05) is 26.0 Å². The van der Waals surface area contributed by atoms with Gasteiger partial charge in [-0.25, -0.2) is 4.79 Å². The molecule has 1 aliphatic rings. The van der Waals surface area contributed by atoms with Crippen molar-refractivity contribution < 1.29 is 9.90 Å². The second-order valence-electron chi connectivity index (χ2n) is 4.66. The van der Waals surface area contributed by atoms with Crippen molar-refractivity contribution in [3.05, 3.63) is 29.3 Å². The maximum Gasteiger partial charge on any atom is 0.325 e. The molecular formula is C13H17ClN2O2. The number of carbonyl (C=O) groups is 1. The van der Waals surface area contributed by atoms with Gasteiger partial charge >= 0.3 is 6.03 Å². The lowest BCUT2D eigenvalue weighted by atomic mass is 10.2. The van der Waals surface area contributed by atoms with Gasteiger partial charge in [-0.3, -0.25) is 4.90 Å². The molecule has 0 radical (unpaired) electrons. The Hall–Kier alpha value is -1.26. The first-order chi connectivity index (χ1) is 8.54. The van der Waals surface area contributed by atoms with Gasteiger partial charge < -0.3 is 10.0 Å². The molecule has 2 amide bonds. The van der Waals surface area contributed by atoms with Gasteiger partial charge in [0.15, 0.2) is 0 Å². The van der Waals surface area contributed by atoms with E-state index in [4.69, 9.17) is 11.6 Å². The Labute approximate surface area is 112 Å². The molecule has 4 nitrogen and oxygen atoms in total. The molecule has 0 aromatic heterocycles. The molecule has 0 spiro atoms. The lowest BCUT2D eigenvalue weighted by molar-refractivity contribution is 0.142. The number of amides is 2. The predicted octanol–water partition coefficient (Wildman–Crippen LogP) is 2.35. The number of hydrogen-bond acceptors (Lipinski definition) is 2. The summed E-state index contributed by atoms with van der Waals surface area (Å²) >= 11 is 5.84. The van der Waals surface area contributed by atoms with E-state index in [0.29, 0.717) is 11.6 Å². The average molecular weight is 269 g/mol. The topological polar surface area (TPSA) is 43.8 Å². The summed E-state index contributed by atoms with van der Waals surface area (Å²) in [6, 6.07) is 7.08. The largest absolute Gasteiger partial charge is 0.394 e. The van der Waals surface area contributed by atoms with Crippen molar-refractivity contribution in [2.75, 3.05) is 18.1 Å². The molecule has 1 aromatic carbocycles. The molecule has 2 rings (SSSR count). The van der Waals surface area contributed by atoms with Crippen molar-refractivity contribution in [1.29, 1.82) is 0 Å². The van der Waals surface area contributed by atoms with Crippen LogP contribution in [-0.2, 0) is 0 Å². The number of hydrogen-bond donors (Lipinski definition) is 1. The summed E-state index contributed by atoms with van der Waals surface area (Å²) < 4.78 is 0. The van der Waals surface area contributed by atoms with Crippen LogP contribution in [-0.4, -0.2) is 41.3 Å². The van der Waals surface area contributed by atoms with Crippen LogP contribution in [0.2, 0.25) is 5.02 Å². The molecule has 1 N–H and O–H groups in total. The molecule has 0 aliphatic carbocycles. The van der Waals surface area contributed by atoms with Crippen molar-refractivity contribution in [3.8, 4) is 0 Å². The molecule has 18 heavy (non-hydrogen) atoms. The molecule has 1 aliphatic heterocycles. The number of anilines is 1. The minimum absolute atomic E-state index is 0.0233. The van der Waals surface area contributed by atoms with Gasteiger partial charge in [0.2, 0.25) is 0 Å². The summed E-state index contributed by atoms with van der Waals surface area (Å²) in [6.45, 7) is 4.44. The maximum atomic E-state index is 12.3. The molecule has 1 saturated heterocycles. The summed E-state index contributed by atoms with van der Waals surface area (Å²) in [6.07, 6.45) is 0. The van der Waals surface area contributed by atoms with E-state index >= 15 is 0 Å². The Balaban J connectivity index is 2.22. The van der Waals surface area contributed by atoms with Crippen LogP contribution >= 0.6 is 11.6 Å². The third kappa shape index (κ3) is 2.31. The van der Waals surface area contributed by atoms with Crippen molar-refractivity contribution in [2.45, 2.75) is 25.9 Å². The van der Waals surface area contributed by atoms with Gasteiger partial charge in [-0.05, 0) is 38.1 Å². The van der Waals surface area contributed by atoms with Crippen LogP contribution < -0.4 is 4.90 Å². The minimum Gasteiger partial charge on any atom is -0.394 e. The first-order valence-electron chi connectivity index (χ1n) is 6.01. The van der Waals surface area contributed by atoms with E-state index in [2.05, 4.69) is 0 Å². The van der Waals surface area contributed by atoms with Crippen LogP contribution in [0.4, 0.5) is 10.5 Å². The highest BCUT2D eigenvalue weighted by atomic mass is 35.5. The number of rotatable bonds is 3. The highest BCUT2D eigenvalue weighted by Gasteiger charge is 2.37. The van der Waals surface area contributed by atoms with Gasteiger partial charge in [0.05, 0.1) is 12.6 Å². The molecule has 0 saturated carbocycles. The third-order valence-corrected chi connectivity index (χ3v) is 3.50. The van der Waals surface area contributed by atoms with Crippen LogP contribution in [0.1, 0.15) is 13.8 Å². The standard InChI is InChI=1S/C13H17ClN2O2/c1-9-7-15(12-5-3-11(14)4-6-12)13(18)16(9)10(2)8-17/h3-6,9-10,17H,7-8H2,1-2H3. The molecule has 2 unspecified atom stereocenters. The molecule has 1 aromatic rings. The van der Waals surface area contributed by atoms with E-state index in [-0.39, 0.29) is 24.7 Å². The summed E-state index contributed by atoms with van der Waals surface area (Å²) in [5.41, 5.74) is 0.837. The van der Waals surface area contributed by atoms with Gasteiger partial charge in [-0.1, -0.05) is 11.6 Å². The van der Waals surface area contributed by atoms with Crippen LogP contribution in [0, 0.1) is 0 Å². The SMILES string of the molecule is CC(CO)N1C(=O)N(c2ccc(Cl)cc2)CC1C. The maximum absolute atomic E-state index is 12.3. The average Bonchev–Trinajstić information content (AvgIpc) is 2.65. The van der Waals surface area contributed by atoms with Crippen molar-refractivity contribution in [1.82, 2.24) is 4.90 Å². The minimum atomic E-state index is -0.162. The Morgan fingerprint density at radius 2 is 2.06 bits per heavy atom. The van der Waals surface area contributed by atoms with Crippen molar-refractivity contribution in [3.63, 3.8) is 0 Å². The molecule has 1 heterocycles. The fourth-order valence-corrected chi connectivity index (χ4v) is 2.43. The molecule has 0 bridgehead atoms. The fourth-order valence-electron chi connectivity index (χ4n) is 2.31. The fraction of sp³-hybridized carbons (Fsp3) is 0.462. The van der Waals surface area contributed by atoms with Gasteiger partial charge in [-0.2, -0.15) is 0 Å². The number of halogens is 1. The van der Waals surface area contributed by atoms with Gasteiger partial charge in [-0.15, -0.1) is 0 Å². The first-order valence-corrected chi connectivity index (χ1v) is 6.38. The Morgan fingerprint density at radius 3 is 2.61 bits per heavy atom. The number of urea groups is 1. The van der Waals surface area contributed by atoms with Crippen LogP contribution in [0.15, 0.2) is 24.3 Å². The van der Waals surface area contributed by atoms with E-state index in [1.165, 1.54) is 0 Å². The zero-order valence-corrected chi connectivity index (χ0v) is 11.3. The lowest BCUT2D eigenvalue weighted by Gasteiger charge is -2.26. The number of benzene rings is 1. The second-order valence-corrected chi connectivity index (χ2v) is 5.09. The Kier molecular flexibility index (Phi) is 3.78. The zero-order valence-electron chi connectivity index (χ0n) is 10.5. The third-order valence-electron chi connectivity index (χ3n) is 3.25. The second kappa shape index (κ2) is 5.16. The summed E-state index contributed by atoms with van der Waals surface area (Å²) in [5, 5.41) is 9.85. The highest BCUT2D eigenvalue weighted by Crippen LogP contribution is 2.26. The lowest BCUT2D eigenvalue weighted by Crippen LogP contribution is -2.42. The summed E-state index contributed by atoms with van der Waals surface area (Å²) in [7, 11) is 0. The van der Waals surface area contributed by atoms with Gasteiger partial charge in [0, 0.05) is 23.3 Å². The summed E-state index contributed by atoms with van der Waals surface area (Å²) in [4.78, 5) is 15.7. The number of carbonyl (C=O) groups excluding carboxylic acids is 1. The van der Waals surface area contributed by atoms with Crippen LogP contribution in [0.5, 0.6) is 0 Å². The van der Waals surface area contributed by atoms with Gasteiger partial charge in [0.25, 0.3) is 0 Å². The number of nitrogens with zero attached hydrogens (tertiary/aromatic N) is 2. The van der Waals surface area contributed by atoms with Crippen molar-refractivity contribution >= 4 is 23.3 Å². The normalized spacial score (nSPS) is 21.6. The Bertz CT molecular complexity index is 435. The number of aliphatic hydroxyl groups is 1. The van der Waals surface area contributed by atoms with Crippen LogP contribution in [0.3, 0.4) is 0 Å². The smallest absolute Gasteiger partial charge is 0.325 e. The quantitative estimate of drug-likeness (QED) is 0.915. The monoisotopic (exact) mass is 268 g/mol.